The molecule has 0 amide bonds. The standard InChI is InChI=1S/C62H45BN2O3/c1-61(2,3)36-31-37(62(4,5)6)33-38(32-36)64-51-29-35(34-22-27-50-46(28-34)43-18-13-17-42-39-14-7-10-19-49(39)65(50)56(42)43)30-54-55(51)63(47-25-23-44-40-15-8-11-20-52(40)66-58(44)57(47)64)48-26-24-45-41-16-9-12-21-53(41)67-59(45)60(48)68-54/h7-33H,1-6H3. The average molecular weight is 877 g/mol. The maximum absolute atomic E-state index is 7.40. The fourth-order valence-electron chi connectivity index (χ4n) is 11.9. The van der Waals surface area contributed by atoms with Crippen molar-refractivity contribution in [1.82, 2.24) is 4.40 Å². The largest absolute Gasteiger partial charge is 0.454 e. The van der Waals surface area contributed by atoms with Gasteiger partial charge in [0, 0.05) is 54.5 Å². The van der Waals surface area contributed by atoms with Crippen molar-refractivity contribution < 1.29 is 13.6 Å². The first-order valence-electron chi connectivity index (χ1n) is 23.9. The van der Waals surface area contributed by atoms with Crippen LogP contribution in [0.5, 0.6) is 11.5 Å². The number of nitrogens with zero attached hydrogens (tertiary/aromatic N) is 2. The number of para-hydroxylation sites is 4. The van der Waals surface area contributed by atoms with Crippen molar-refractivity contribution in [3.63, 3.8) is 0 Å². The van der Waals surface area contributed by atoms with Crippen LogP contribution in [0.25, 0.3) is 93.1 Å². The van der Waals surface area contributed by atoms with Gasteiger partial charge in [0.2, 0.25) is 0 Å². The number of hydrogen-bond donors (Lipinski definition) is 0. The summed E-state index contributed by atoms with van der Waals surface area (Å²) < 4.78 is 23.7. The van der Waals surface area contributed by atoms with Crippen molar-refractivity contribution in [2.75, 3.05) is 4.90 Å². The van der Waals surface area contributed by atoms with E-state index in [-0.39, 0.29) is 17.5 Å². The van der Waals surface area contributed by atoms with Gasteiger partial charge in [-0.15, -0.1) is 0 Å². The highest BCUT2D eigenvalue weighted by molar-refractivity contribution is 6.99. The highest BCUT2D eigenvalue weighted by Gasteiger charge is 2.45. The zero-order chi connectivity index (χ0) is 45.5. The minimum atomic E-state index is -0.177. The second-order valence-electron chi connectivity index (χ2n) is 21.3. The van der Waals surface area contributed by atoms with Gasteiger partial charge in [0.25, 0.3) is 6.71 Å². The van der Waals surface area contributed by atoms with Crippen LogP contribution in [0, 0.1) is 0 Å². The molecule has 324 valence electrons. The molecule has 13 aromatic rings. The lowest BCUT2D eigenvalue weighted by molar-refractivity contribution is 0.481. The van der Waals surface area contributed by atoms with E-state index in [1.165, 1.54) is 49.2 Å². The van der Waals surface area contributed by atoms with E-state index in [9.17, 15) is 0 Å². The minimum Gasteiger partial charge on any atom is -0.454 e. The minimum absolute atomic E-state index is 0.110. The lowest BCUT2D eigenvalue weighted by atomic mass is 9.34. The van der Waals surface area contributed by atoms with Crippen molar-refractivity contribution in [2.45, 2.75) is 52.4 Å². The Bertz CT molecular complexity index is 4310. The van der Waals surface area contributed by atoms with E-state index in [1.807, 2.05) is 12.1 Å². The molecule has 2 aliphatic rings. The van der Waals surface area contributed by atoms with Crippen LogP contribution in [0.3, 0.4) is 0 Å². The number of benzene rings is 9. The quantitative estimate of drug-likeness (QED) is 0.162. The summed E-state index contributed by atoms with van der Waals surface area (Å²) in [4.78, 5) is 2.50. The molecule has 6 heteroatoms. The molecule has 0 unspecified atom stereocenters. The Morgan fingerprint density at radius 3 is 1.78 bits per heavy atom. The normalized spacial score (nSPS) is 13.8. The topological polar surface area (TPSA) is 43.2 Å². The number of hydrogen-bond acceptors (Lipinski definition) is 4. The van der Waals surface area contributed by atoms with E-state index < -0.39 is 0 Å². The Kier molecular flexibility index (Phi) is 7.26. The second-order valence-corrected chi connectivity index (χ2v) is 21.3. The van der Waals surface area contributed by atoms with Gasteiger partial charge in [0.05, 0.1) is 22.2 Å². The molecule has 0 fully saturated rings. The highest BCUT2D eigenvalue weighted by Crippen LogP contribution is 2.50. The lowest BCUT2D eigenvalue weighted by Crippen LogP contribution is -2.59. The molecule has 0 spiro atoms. The van der Waals surface area contributed by atoms with Gasteiger partial charge in [-0.05, 0) is 104 Å². The Hall–Kier alpha value is -7.96. The van der Waals surface area contributed by atoms with Crippen LogP contribution >= 0.6 is 0 Å². The summed E-state index contributed by atoms with van der Waals surface area (Å²) in [6.07, 6.45) is 0. The maximum Gasteiger partial charge on any atom is 0.256 e. The molecule has 15 rings (SSSR count). The van der Waals surface area contributed by atoms with Gasteiger partial charge in [0.1, 0.15) is 16.9 Å². The van der Waals surface area contributed by atoms with Gasteiger partial charge >= 0.3 is 0 Å². The number of anilines is 3. The molecule has 6 heterocycles. The van der Waals surface area contributed by atoms with Crippen molar-refractivity contribution in [1.29, 1.82) is 0 Å². The molecule has 0 aliphatic carbocycles. The predicted octanol–water partition coefficient (Wildman–Crippen LogP) is 15.3. The fourth-order valence-corrected chi connectivity index (χ4v) is 11.9. The van der Waals surface area contributed by atoms with Gasteiger partial charge in [0.15, 0.2) is 16.9 Å². The van der Waals surface area contributed by atoms with Crippen molar-refractivity contribution in [3.8, 4) is 22.6 Å². The summed E-state index contributed by atoms with van der Waals surface area (Å²) in [6, 6.07) is 60.3. The molecule has 0 bridgehead atoms. The van der Waals surface area contributed by atoms with Gasteiger partial charge < -0.3 is 22.9 Å². The Morgan fingerprint density at radius 1 is 0.456 bits per heavy atom. The van der Waals surface area contributed by atoms with Gasteiger partial charge in [-0.2, -0.15) is 0 Å². The molecule has 4 aromatic heterocycles. The number of furan rings is 2. The van der Waals surface area contributed by atoms with E-state index in [0.717, 1.165) is 100.0 Å². The molecule has 0 atom stereocenters. The first-order valence-corrected chi connectivity index (χ1v) is 23.9. The first-order chi connectivity index (χ1) is 33.0. The lowest BCUT2D eigenvalue weighted by Gasteiger charge is -2.41. The molecular formula is C62H45BN2O3. The van der Waals surface area contributed by atoms with Crippen LogP contribution in [-0.2, 0) is 10.8 Å². The van der Waals surface area contributed by atoms with Crippen molar-refractivity contribution >= 4 is 122 Å². The monoisotopic (exact) mass is 876 g/mol. The molecule has 0 saturated carbocycles. The third kappa shape index (κ3) is 5.02. The van der Waals surface area contributed by atoms with Crippen LogP contribution in [0.2, 0.25) is 0 Å². The van der Waals surface area contributed by atoms with Gasteiger partial charge in [-0.1, -0.05) is 151 Å². The van der Waals surface area contributed by atoms with E-state index in [1.54, 1.807) is 0 Å². The van der Waals surface area contributed by atoms with Crippen molar-refractivity contribution in [2.24, 2.45) is 0 Å². The number of ether oxygens (including phenoxy) is 1. The maximum atomic E-state index is 7.40. The van der Waals surface area contributed by atoms with Gasteiger partial charge in [-0.3, -0.25) is 0 Å². The summed E-state index contributed by atoms with van der Waals surface area (Å²) in [6.45, 7) is 13.7. The Labute approximate surface area is 393 Å². The zero-order valence-corrected chi connectivity index (χ0v) is 38.8. The van der Waals surface area contributed by atoms with Crippen LogP contribution in [0.15, 0.2) is 173 Å². The molecule has 2 aliphatic heterocycles. The molecule has 0 saturated heterocycles. The molecule has 5 nitrogen and oxygen atoms in total. The van der Waals surface area contributed by atoms with Crippen molar-refractivity contribution in [3.05, 3.63) is 175 Å². The smallest absolute Gasteiger partial charge is 0.256 e. The van der Waals surface area contributed by atoms with E-state index in [4.69, 9.17) is 13.6 Å². The molecule has 0 N–H and O–H groups in total. The SMILES string of the molecule is CC(C)(C)c1cc(N2c3cc(-c4ccc5c(c4)c4cccc6c7ccccc7n5c64)cc4c3B(c3ccc5c(oc6ccccc65)c3O4)c3ccc4c(oc5ccccc54)c32)cc(C(C)(C)C)c1. The fraction of sp³-hybridized carbons (Fsp3) is 0.129. The van der Waals surface area contributed by atoms with E-state index in [2.05, 4.69) is 203 Å². The molecule has 0 radical (unpaired) electrons. The molecule has 9 aromatic carbocycles. The Morgan fingerprint density at radius 2 is 1.06 bits per heavy atom. The summed E-state index contributed by atoms with van der Waals surface area (Å²) in [7, 11) is 0. The Balaban J connectivity index is 1.07. The number of fused-ring (bicyclic) bond motifs is 18. The van der Waals surface area contributed by atoms with E-state index >= 15 is 0 Å². The zero-order valence-electron chi connectivity index (χ0n) is 38.8. The molecular weight excluding hydrogens is 832 g/mol. The van der Waals surface area contributed by atoms with Crippen LogP contribution < -0.4 is 26.0 Å². The van der Waals surface area contributed by atoms with Crippen LogP contribution in [0.4, 0.5) is 17.1 Å². The van der Waals surface area contributed by atoms with Crippen LogP contribution in [0.1, 0.15) is 52.7 Å². The highest BCUT2D eigenvalue weighted by atomic mass is 16.5. The number of rotatable bonds is 2. The number of aromatic nitrogens is 1. The van der Waals surface area contributed by atoms with E-state index in [0.29, 0.717) is 0 Å². The summed E-state index contributed by atoms with van der Waals surface area (Å²) >= 11 is 0. The third-order valence-electron chi connectivity index (χ3n) is 15.3. The first kappa shape index (κ1) is 38.2. The summed E-state index contributed by atoms with van der Waals surface area (Å²) in [5.74, 6) is 1.59. The van der Waals surface area contributed by atoms with Crippen LogP contribution in [-0.4, -0.2) is 11.1 Å². The molecule has 68 heavy (non-hydrogen) atoms. The summed E-state index contributed by atoms with van der Waals surface area (Å²) in [5.41, 5.74) is 18.2. The average Bonchev–Trinajstić information content (AvgIpc) is 4.10. The van der Waals surface area contributed by atoms with Gasteiger partial charge in [-0.25, -0.2) is 0 Å². The third-order valence-corrected chi connectivity index (χ3v) is 15.3. The summed E-state index contributed by atoms with van der Waals surface area (Å²) in [5, 5.41) is 9.36. The predicted molar refractivity (Wildman–Crippen MR) is 284 cm³/mol. The second kappa shape index (κ2) is 12.9.